The quantitative estimate of drug-likeness (QED) is 0.910. The van der Waals surface area contributed by atoms with E-state index in [-0.39, 0.29) is 6.04 Å². The largest absolute Gasteiger partial charge is 0.369 e. The number of hydrogen-bond acceptors (Lipinski definition) is 3. The number of rotatable bonds is 2. The third-order valence-electron chi connectivity index (χ3n) is 3.11. The molecule has 0 amide bonds. The second kappa shape index (κ2) is 5.52. The minimum atomic E-state index is 0.286. The predicted molar refractivity (Wildman–Crippen MR) is 73.1 cm³/mol. The van der Waals surface area contributed by atoms with Crippen molar-refractivity contribution in [3.8, 4) is 6.07 Å². The molecule has 1 heterocycles. The van der Waals surface area contributed by atoms with Crippen LogP contribution < -0.4 is 10.2 Å². The molecule has 2 rings (SSSR count). The van der Waals surface area contributed by atoms with Crippen molar-refractivity contribution in [1.29, 1.82) is 5.26 Å². The molecule has 1 fully saturated rings. The van der Waals surface area contributed by atoms with E-state index < -0.39 is 0 Å². The fraction of sp³-hybridized carbons (Fsp3) is 0.462. The molecule has 4 heteroatoms. The van der Waals surface area contributed by atoms with E-state index in [4.69, 9.17) is 5.26 Å². The number of aryl methyl sites for hydroxylation is 1. The fourth-order valence-corrected chi connectivity index (χ4v) is 2.45. The first-order valence-corrected chi connectivity index (χ1v) is 6.61. The highest BCUT2D eigenvalue weighted by atomic mass is 79.9. The summed E-state index contributed by atoms with van der Waals surface area (Å²) in [6.07, 6.45) is 0.573. The topological polar surface area (TPSA) is 39.1 Å². The molecule has 0 spiro atoms. The van der Waals surface area contributed by atoms with Gasteiger partial charge in [0.15, 0.2) is 0 Å². The van der Waals surface area contributed by atoms with Gasteiger partial charge < -0.3 is 10.2 Å². The van der Waals surface area contributed by atoms with Crippen LogP contribution >= 0.6 is 15.9 Å². The Morgan fingerprint density at radius 2 is 2.41 bits per heavy atom. The lowest BCUT2D eigenvalue weighted by Gasteiger charge is -2.34. The van der Waals surface area contributed by atoms with E-state index in [0.717, 1.165) is 24.1 Å². The molecule has 1 unspecified atom stereocenters. The van der Waals surface area contributed by atoms with Gasteiger partial charge in [0.05, 0.1) is 12.5 Å². The zero-order valence-electron chi connectivity index (χ0n) is 9.91. The van der Waals surface area contributed by atoms with Gasteiger partial charge in [0.25, 0.3) is 0 Å². The van der Waals surface area contributed by atoms with Crippen LogP contribution in [0.5, 0.6) is 0 Å². The van der Waals surface area contributed by atoms with Gasteiger partial charge in [-0.3, -0.25) is 0 Å². The highest BCUT2D eigenvalue weighted by molar-refractivity contribution is 9.10. The summed E-state index contributed by atoms with van der Waals surface area (Å²) in [6.45, 7) is 4.93. The summed E-state index contributed by atoms with van der Waals surface area (Å²) in [6, 6.07) is 8.95. The molecule has 0 saturated carbocycles. The van der Waals surface area contributed by atoms with Gasteiger partial charge in [-0.05, 0) is 24.6 Å². The number of halogens is 1. The third-order valence-corrected chi connectivity index (χ3v) is 3.97. The van der Waals surface area contributed by atoms with E-state index in [9.17, 15) is 0 Å². The summed E-state index contributed by atoms with van der Waals surface area (Å²) in [4.78, 5) is 2.34. The summed E-state index contributed by atoms with van der Waals surface area (Å²) < 4.78 is 1.14. The number of benzene rings is 1. The van der Waals surface area contributed by atoms with Gasteiger partial charge in [0.2, 0.25) is 0 Å². The standard InChI is InChI=1S/C13H16BrN3/c1-10-2-3-12(8-13(10)14)17-7-6-16-11(9-17)4-5-15/h2-3,8,11,16H,4,6-7,9H2,1H3. The van der Waals surface area contributed by atoms with Gasteiger partial charge in [0.1, 0.15) is 0 Å². The van der Waals surface area contributed by atoms with Crippen molar-refractivity contribution in [3.05, 3.63) is 28.2 Å². The second-order valence-corrected chi connectivity index (χ2v) is 5.25. The highest BCUT2D eigenvalue weighted by Crippen LogP contribution is 2.24. The van der Waals surface area contributed by atoms with Crippen LogP contribution in [0.1, 0.15) is 12.0 Å². The molecular weight excluding hydrogens is 278 g/mol. The van der Waals surface area contributed by atoms with Crippen molar-refractivity contribution in [2.75, 3.05) is 24.5 Å². The molecule has 1 N–H and O–H groups in total. The van der Waals surface area contributed by atoms with Crippen LogP contribution in [0, 0.1) is 18.3 Å². The van der Waals surface area contributed by atoms with E-state index in [1.165, 1.54) is 11.3 Å². The van der Waals surface area contributed by atoms with E-state index in [0.29, 0.717) is 6.42 Å². The Morgan fingerprint density at radius 1 is 1.59 bits per heavy atom. The Bertz CT molecular complexity index is 439. The lowest BCUT2D eigenvalue weighted by atomic mass is 10.1. The number of anilines is 1. The van der Waals surface area contributed by atoms with Gasteiger partial charge in [-0.2, -0.15) is 5.26 Å². The molecule has 1 aromatic carbocycles. The Hall–Kier alpha value is -1.05. The van der Waals surface area contributed by atoms with Gasteiger partial charge in [-0.1, -0.05) is 22.0 Å². The van der Waals surface area contributed by atoms with E-state index in [1.807, 2.05) is 0 Å². The zero-order valence-corrected chi connectivity index (χ0v) is 11.5. The maximum absolute atomic E-state index is 8.74. The second-order valence-electron chi connectivity index (χ2n) is 4.39. The van der Waals surface area contributed by atoms with Crippen LogP contribution in [-0.2, 0) is 0 Å². The minimum absolute atomic E-state index is 0.286. The SMILES string of the molecule is Cc1ccc(N2CCNC(CC#N)C2)cc1Br. The predicted octanol–water partition coefficient (Wildman–Crippen LogP) is 2.45. The van der Waals surface area contributed by atoms with Gasteiger partial charge >= 0.3 is 0 Å². The maximum atomic E-state index is 8.74. The molecule has 0 bridgehead atoms. The summed E-state index contributed by atoms with van der Waals surface area (Å²) in [7, 11) is 0. The smallest absolute Gasteiger partial charge is 0.0638 e. The van der Waals surface area contributed by atoms with Crippen LogP contribution in [0.3, 0.4) is 0 Å². The van der Waals surface area contributed by atoms with Crippen LogP contribution in [0.2, 0.25) is 0 Å². The van der Waals surface area contributed by atoms with Crippen LogP contribution in [0.15, 0.2) is 22.7 Å². The molecule has 1 aliphatic heterocycles. The minimum Gasteiger partial charge on any atom is -0.369 e. The van der Waals surface area contributed by atoms with Crippen molar-refractivity contribution in [3.63, 3.8) is 0 Å². The average molecular weight is 294 g/mol. The number of nitriles is 1. The molecule has 3 nitrogen and oxygen atoms in total. The summed E-state index contributed by atoms with van der Waals surface area (Å²) >= 11 is 3.56. The molecule has 90 valence electrons. The molecule has 1 aliphatic rings. The van der Waals surface area contributed by atoms with Gasteiger partial charge in [-0.15, -0.1) is 0 Å². The maximum Gasteiger partial charge on any atom is 0.0638 e. The zero-order chi connectivity index (χ0) is 12.3. The molecule has 0 aromatic heterocycles. The van der Waals surface area contributed by atoms with E-state index in [2.05, 4.69) is 57.3 Å². The molecular formula is C13H16BrN3. The van der Waals surface area contributed by atoms with Crippen LogP contribution in [0.25, 0.3) is 0 Å². The Kier molecular flexibility index (Phi) is 4.03. The number of nitrogens with one attached hydrogen (secondary N) is 1. The Balaban J connectivity index is 2.11. The van der Waals surface area contributed by atoms with Crippen molar-refractivity contribution < 1.29 is 0 Å². The third kappa shape index (κ3) is 2.99. The number of hydrogen-bond donors (Lipinski definition) is 1. The van der Waals surface area contributed by atoms with Crippen molar-refractivity contribution in [1.82, 2.24) is 5.32 Å². The average Bonchev–Trinajstić information content (AvgIpc) is 2.33. The van der Waals surface area contributed by atoms with Crippen molar-refractivity contribution in [2.45, 2.75) is 19.4 Å². The lowest BCUT2D eigenvalue weighted by molar-refractivity contribution is 0.463. The Labute approximate surface area is 111 Å². The highest BCUT2D eigenvalue weighted by Gasteiger charge is 2.19. The molecule has 1 atom stereocenters. The normalized spacial score (nSPS) is 20.1. The molecule has 0 radical (unpaired) electrons. The van der Waals surface area contributed by atoms with E-state index in [1.54, 1.807) is 0 Å². The molecule has 17 heavy (non-hydrogen) atoms. The molecule has 1 aromatic rings. The first-order valence-electron chi connectivity index (χ1n) is 5.82. The Morgan fingerprint density at radius 3 is 3.12 bits per heavy atom. The number of nitrogens with zero attached hydrogens (tertiary/aromatic N) is 2. The van der Waals surface area contributed by atoms with Gasteiger partial charge in [-0.25, -0.2) is 0 Å². The van der Waals surface area contributed by atoms with Crippen LogP contribution in [-0.4, -0.2) is 25.7 Å². The first-order chi connectivity index (χ1) is 8.20. The van der Waals surface area contributed by atoms with Crippen molar-refractivity contribution in [2.24, 2.45) is 0 Å². The number of piperazine rings is 1. The van der Waals surface area contributed by atoms with Gasteiger partial charge in [0, 0.05) is 35.8 Å². The fourth-order valence-electron chi connectivity index (χ4n) is 2.09. The first kappa shape index (κ1) is 12.4. The molecule has 0 aliphatic carbocycles. The lowest BCUT2D eigenvalue weighted by Crippen LogP contribution is -2.50. The van der Waals surface area contributed by atoms with Crippen LogP contribution in [0.4, 0.5) is 5.69 Å². The van der Waals surface area contributed by atoms with Crippen molar-refractivity contribution >= 4 is 21.6 Å². The monoisotopic (exact) mass is 293 g/mol. The van der Waals surface area contributed by atoms with E-state index >= 15 is 0 Å². The molecule has 1 saturated heterocycles. The summed E-state index contributed by atoms with van der Waals surface area (Å²) in [5.41, 5.74) is 2.48. The summed E-state index contributed by atoms with van der Waals surface area (Å²) in [5.74, 6) is 0. The summed E-state index contributed by atoms with van der Waals surface area (Å²) in [5, 5.41) is 12.1.